The van der Waals surface area contributed by atoms with E-state index in [0.717, 1.165) is 19.3 Å². The first-order valence-electron chi connectivity index (χ1n) is 5.33. The first kappa shape index (κ1) is 9.69. The molecule has 1 aliphatic carbocycles. The highest BCUT2D eigenvalue weighted by atomic mass is 16.2. The molecule has 1 unspecified atom stereocenters. The minimum absolute atomic E-state index is 0.199. The third-order valence-electron chi connectivity index (χ3n) is 3.46. The minimum Gasteiger partial charge on any atom is -0.333 e. The van der Waals surface area contributed by atoms with Crippen molar-refractivity contribution in [3.8, 4) is 0 Å². The van der Waals surface area contributed by atoms with E-state index in [2.05, 4.69) is 13.8 Å². The molecule has 1 saturated heterocycles. The third kappa shape index (κ3) is 1.56. The standard InChI is InChI=1S/C11H17NO2/c1-11(2)5-3-8(7-11)12-6-4-9(13)10(12)14/h8H,3-7H2,1-2H3. The van der Waals surface area contributed by atoms with E-state index in [9.17, 15) is 9.59 Å². The first-order chi connectivity index (χ1) is 6.49. The van der Waals surface area contributed by atoms with Crippen LogP contribution in [0.4, 0.5) is 0 Å². The van der Waals surface area contributed by atoms with E-state index in [1.807, 2.05) is 0 Å². The number of hydrogen-bond acceptors (Lipinski definition) is 2. The fourth-order valence-electron chi connectivity index (χ4n) is 2.60. The van der Waals surface area contributed by atoms with Crippen LogP contribution in [0.3, 0.4) is 0 Å². The summed E-state index contributed by atoms with van der Waals surface area (Å²) >= 11 is 0. The van der Waals surface area contributed by atoms with Crippen LogP contribution in [-0.2, 0) is 9.59 Å². The van der Waals surface area contributed by atoms with E-state index in [4.69, 9.17) is 0 Å². The number of Topliss-reactive ketones (excluding diaryl/α,β-unsaturated/α-hetero) is 1. The number of ketones is 1. The first-order valence-corrected chi connectivity index (χ1v) is 5.33. The third-order valence-corrected chi connectivity index (χ3v) is 3.46. The molecule has 0 spiro atoms. The van der Waals surface area contributed by atoms with Gasteiger partial charge < -0.3 is 4.90 Å². The van der Waals surface area contributed by atoms with Gasteiger partial charge in [-0.25, -0.2) is 0 Å². The molecule has 3 nitrogen and oxygen atoms in total. The topological polar surface area (TPSA) is 37.4 Å². The van der Waals surface area contributed by atoms with Gasteiger partial charge in [-0.15, -0.1) is 0 Å². The molecule has 3 heteroatoms. The Kier molecular flexibility index (Phi) is 2.13. The molecule has 0 radical (unpaired) electrons. The predicted octanol–water partition coefficient (Wildman–Crippen LogP) is 1.37. The maximum atomic E-state index is 11.5. The van der Waals surface area contributed by atoms with Gasteiger partial charge in [-0.2, -0.15) is 0 Å². The Morgan fingerprint density at radius 3 is 2.50 bits per heavy atom. The summed E-state index contributed by atoms with van der Waals surface area (Å²) in [7, 11) is 0. The normalized spacial score (nSPS) is 31.6. The molecule has 2 fully saturated rings. The van der Waals surface area contributed by atoms with E-state index in [0.29, 0.717) is 24.4 Å². The van der Waals surface area contributed by atoms with Crippen molar-refractivity contribution >= 4 is 11.7 Å². The van der Waals surface area contributed by atoms with E-state index in [-0.39, 0.29) is 11.7 Å². The molecule has 0 N–H and O–H groups in total. The number of carbonyl (C=O) groups excluding carboxylic acids is 2. The average Bonchev–Trinajstić information content (AvgIpc) is 2.59. The van der Waals surface area contributed by atoms with Crippen molar-refractivity contribution in [3.05, 3.63) is 0 Å². The Morgan fingerprint density at radius 1 is 1.36 bits per heavy atom. The maximum Gasteiger partial charge on any atom is 0.290 e. The molecule has 1 atom stereocenters. The van der Waals surface area contributed by atoms with Crippen molar-refractivity contribution in [2.45, 2.75) is 45.6 Å². The van der Waals surface area contributed by atoms with E-state index in [1.54, 1.807) is 4.90 Å². The number of carbonyl (C=O) groups is 2. The highest BCUT2D eigenvalue weighted by molar-refractivity contribution is 6.37. The lowest BCUT2D eigenvalue weighted by molar-refractivity contribution is -0.141. The number of nitrogens with zero attached hydrogens (tertiary/aromatic N) is 1. The van der Waals surface area contributed by atoms with E-state index in [1.165, 1.54) is 0 Å². The van der Waals surface area contributed by atoms with Gasteiger partial charge in [0, 0.05) is 19.0 Å². The summed E-state index contributed by atoms with van der Waals surface area (Å²) in [4.78, 5) is 24.4. The second-order valence-electron chi connectivity index (χ2n) is 5.23. The highest BCUT2D eigenvalue weighted by Gasteiger charge is 2.40. The molecule has 0 bridgehead atoms. The van der Waals surface area contributed by atoms with Crippen LogP contribution in [0, 0.1) is 5.41 Å². The van der Waals surface area contributed by atoms with Gasteiger partial charge in [0.1, 0.15) is 0 Å². The molecule has 0 aromatic carbocycles. The molecule has 1 amide bonds. The van der Waals surface area contributed by atoms with Crippen LogP contribution in [0.15, 0.2) is 0 Å². The molecule has 14 heavy (non-hydrogen) atoms. The van der Waals surface area contributed by atoms with Crippen molar-refractivity contribution in [1.82, 2.24) is 4.90 Å². The summed E-state index contributed by atoms with van der Waals surface area (Å²) in [5.74, 6) is -0.442. The van der Waals surface area contributed by atoms with Crippen LogP contribution in [0.2, 0.25) is 0 Å². The summed E-state index contributed by atoms with van der Waals surface area (Å²) in [6, 6.07) is 0.323. The second-order valence-corrected chi connectivity index (χ2v) is 5.23. The van der Waals surface area contributed by atoms with Gasteiger partial charge >= 0.3 is 0 Å². The molecular weight excluding hydrogens is 178 g/mol. The number of rotatable bonds is 1. The molecule has 2 rings (SSSR count). The Labute approximate surface area is 84.5 Å². The van der Waals surface area contributed by atoms with Gasteiger partial charge in [0.2, 0.25) is 5.78 Å². The SMILES string of the molecule is CC1(C)CCC(N2CCC(=O)C2=O)C1. The summed E-state index contributed by atoms with van der Waals surface area (Å²) < 4.78 is 0. The highest BCUT2D eigenvalue weighted by Crippen LogP contribution is 2.40. The van der Waals surface area contributed by atoms with Gasteiger partial charge in [-0.05, 0) is 24.7 Å². The van der Waals surface area contributed by atoms with Crippen molar-refractivity contribution in [3.63, 3.8) is 0 Å². The monoisotopic (exact) mass is 195 g/mol. The molecule has 1 saturated carbocycles. The van der Waals surface area contributed by atoms with Gasteiger partial charge in [0.25, 0.3) is 5.91 Å². The van der Waals surface area contributed by atoms with Crippen molar-refractivity contribution in [1.29, 1.82) is 0 Å². The summed E-state index contributed by atoms with van der Waals surface area (Å²) in [6.45, 7) is 5.11. The van der Waals surface area contributed by atoms with Crippen LogP contribution >= 0.6 is 0 Å². The van der Waals surface area contributed by atoms with Gasteiger partial charge in [0.15, 0.2) is 0 Å². The number of hydrogen-bond donors (Lipinski definition) is 0. The average molecular weight is 195 g/mol. The van der Waals surface area contributed by atoms with E-state index < -0.39 is 0 Å². The lowest BCUT2D eigenvalue weighted by atomic mass is 9.91. The lowest BCUT2D eigenvalue weighted by Crippen LogP contribution is -2.36. The van der Waals surface area contributed by atoms with Gasteiger partial charge in [0.05, 0.1) is 0 Å². The van der Waals surface area contributed by atoms with Gasteiger partial charge in [-0.1, -0.05) is 13.8 Å². The van der Waals surface area contributed by atoms with Gasteiger partial charge in [-0.3, -0.25) is 9.59 Å². The molecule has 0 aromatic heterocycles. The summed E-state index contributed by atoms with van der Waals surface area (Å²) in [5, 5.41) is 0. The van der Waals surface area contributed by atoms with Crippen molar-refractivity contribution in [2.75, 3.05) is 6.54 Å². The molecule has 1 heterocycles. The number of amides is 1. The minimum atomic E-state index is -0.243. The largest absolute Gasteiger partial charge is 0.333 e. The van der Waals surface area contributed by atoms with Crippen LogP contribution in [0.1, 0.15) is 39.5 Å². The summed E-state index contributed by atoms with van der Waals surface area (Å²) in [6.07, 6.45) is 3.70. The van der Waals surface area contributed by atoms with Crippen LogP contribution in [0.5, 0.6) is 0 Å². The molecule has 2 aliphatic rings. The zero-order valence-electron chi connectivity index (χ0n) is 8.88. The lowest BCUT2D eigenvalue weighted by Gasteiger charge is -2.24. The van der Waals surface area contributed by atoms with Crippen molar-refractivity contribution in [2.24, 2.45) is 5.41 Å². The Bertz CT molecular complexity index is 283. The van der Waals surface area contributed by atoms with Crippen LogP contribution < -0.4 is 0 Å². The molecule has 0 aromatic rings. The summed E-state index contributed by atoms with van der Waals surface area (Å²) in [5.41, 5.74) is 0.344. The van der Waals surface area contributed by atoms with Crippen LogP contribution in [-0.4, -0.2) is 29.2 Å². The predicted molar refractivity (Wildman–Crippen MR) is 52.8 cm³/mol. The van der Waals surface area contributed by atoms with Crippen molar-refractivity contribution < 1.29 is 9.59 Å². The number of likely N-dealkylation sites (tertiary alicyclic amines) is 1. The Balaban J connectivity index is 2.04. The Morgan fingerprint density at radius 2 is 2.07 bits per heavy atom. The van der Waals surface area contributed by atoms with Crippen LogP contribution in [0.25, 0.3) is 0 Å². The smallest absolute Gasteiger partial charge is 0.290 e. The maximum absolute atomic E-state index is 11.5. The molecular formula is C11H17NO2. The second kappa shape index (κ2) is 3.07. The fraction of sp³-hybridized carbons (Fsp3) is 0.818. The Hall–Kier alpha value is -0.860. The quantitative estimate of drug-likeness (QED) is 0.592. The molecule has 1 aliphatic heterocycles. The zero-order chi connectivity index (χ0) is 10.3. The zero-order valence-corrected chi connectivity index (χ0v) is 8.88. The fourth-order valence-corrected chi connectivity index (χ4v) is 2.60. The van der Waals surface area contributed by atoms with E-state index >= 15 is 0 Å². The molecule has 78 valence electrons.